The van der Waals surface area contributed by atoms with E-state index in [1.54, 1.807) is 39.5 Å². The summed E-state index contributed by atoms with van der Waals surface area (Å²) in [6, 6.07) is 8.85. The summed E-state index contributed by atoms with van der Waals surface area (Å²) in [6.07, 6.45) is 0. The van der Waals surface area contributed by atoms with Gasteiger partial charge in [-0.3, -0.25) is 9.69 Å². The maximum absolute atomic E-state index is 12.3. The van der Waals surface area contributed by atoms with Crippen molar-refractivity contribution in [2.24, 2.45) is 0 Å². The summed E-state index contributed by atoms with van der Waals surface area (Å²) in [5.74, 6) is 1.63. The van der Waals surface area contributed by atoms with Gasteiger partial charge in [0.15, 0.2) is 11.5 Å². The Morgan fingerprint density at radius 2 is 1.50 bits per heavy atom. The number of nitrogens with one attached hydrogen (secondary N) is 1. The first-order valence-electron chi connectivity index (χ1n) is 8.55. The molecule has 0 fully saturated rings. The number of carbonyl (C=O) groups excluding carboxylic acids is 1. The molecular weight excluding hydrogens is 403 g/mol. The minimum atomic E-state index is -0.118. The van der Waals surface area contributed by atoms with Crippen LogP contribution in [0.15, 0.2) is 30.3 Å². The maximum Gasteiger partial charge on any atom is 0.234 e. The lowest BCUT2D eigenvalue weighted by molar-refractivity contribution is -0.122. The Kier molecular flexibility index (Phi) is 8.23. The smallest absolute Gasteiger partial charge is 0.234 e. The molecule has 0 saturated carbocycles. The maximum atomic E-state index is 12.3. The number of rotatable bonds is 9. The van der Waals surface area contributed by atoms with Gasteiger partial charge in [-0.05, 0) is 36.9 Å². The molecule has 8 heteroatoms. The Morgan fingerprint density at radius 3 is 2.07 bits per heavy atom. The molecule has 2 aromatic carbocycles. The van der Waals surface area contributed by atoms with Gasteiger partial charge in [-0.15, -0.1) is 0 Å². The number of benzene rings is 2. The van der Waals surface area contributed by atoms with Crippen LogP contribution in [0.3, 0.4) is 0 Å². The second kappa shape index (κ2) is 10.4. The monoisotopic (exact) mass is 426 g/mol. The molecular formula is C20H24Cl2N2O4. The Morgan fingerprint density at radius 1 is 0.929 bits per heavy atom. The number of hydrogen-bond donors (Lipinski definition) is 1. The summed E-state index contributed by atoms with van der Waals surface area (Å²) in [5.41, 5.74) is 1.73. The van der Waals surface area contributed by atoms with Crippen molar-refractivity contribution in [1.82, 2.24) is 10.2 Å². The van der Waals surface area contributed by atoms with Gasteiger partial charge in [-0.1, -0.05) is 23.2 Å². The molecule has 152 valence electrons. The fraction of sp³-hybridized carbons (Fsp3) is 0.350. The largest absolute Gasteiger partial charge is 0.496 e. The summed E-state index contributed by atoms with van der Waals surface area (Å²) in [4.78, 5) is 14.2. The topological polar surface area (TPSA) is 60.0 Å². The zero-order valence-corrected chi connectivity index (χ0v) is 17.9. The molecule has 2 aromatic rings. The van der Waals surface area contributed by atoms with Crippen molar-refractivity contribution in [3.63, 3.8) is 0 Å². The molecule has 0 unspecified atom stereocenters. The SMILES string of the molecule is COc1cc(OC)c(OC)cc1CNC(=O)CN(C)Cc1cc(Cl)cc(Cl)c1. The molecule has 2 rings (SSSR count). The highest BCUT2D eigenvalue weighted by atomic mass is 35.5. The van der Waals surface area contributed by atoms with E-state index in [1.165, 1.54) is 0 Å². The average molecular weight is 427 g/mol. The average Bonchev–Trinajstić information content (AvgIpc) is 2.64. The number of amides is 1. The van der Waals surface area contributed by atoms with Crippen LogP contribution >= 0.6 is 23.2 Å². The molecule has 0 bridgehead atoms. The van der Waals surface area contributed by atoms with Crippen molar-refractivity contribution < 1.29 is 19.0 Å². The van der Waals surface area contributed by atoms with E-state index >= 15 is 0 Å². The third kappa shape index (κ3) is 6.19. The van der Waals surface area contributed by atoms with Crippen LogP contribution in [0.5, 0.6) is 17.2 Å². The highest BCUT2D eigenvalue weighted by Crippen LogP contribution is 2.34. The molecule has 1 amide bonds. The first kappa shape index (κ1) is 22.1. The van der Waals surface area contributed by atoms with E-state index in [0.29, 0.717) is 40.4 Å². The van der Waals surface area contributed by atoms with Gasteiger partial charge >= 0.3 is 0 Å². The lowest BCUT2D eigenvalue weighted by Gasteiger charge is -2.18. The van der Waals surface area contributed by atoms with Gasteiger partial charge in [0, 0.05) is 34.8 Å². The molecule has 0 aliphatic rings. The van der Waals surface area contributed by atoms with Crippen molar-refractivity contribution >= 4 is 29.1 Å². The van der Waals surface area contributed by atoms with Gasteiger partial charge < -0.3 is 19.5 Å². The van der Waals surface area contributed by atoms with E-state index < -0.39 is 0 Å². The van der Waals surface area contributed by atoms with Crippen molar-refractivity contribution in [3.8, 4) is 17.2 Å². The van der Waals surface area contributed by atoms with Crippen LogP contribution in [0.25, 0.3) is 0 Å². The summed E-state index contributed by atoms with van der Waals surface area (Å²) in [5, 5.41) is 4.03. The summed E-state index contributed by atoms with van der Waals surface area (Å²) in [7, 11) is 6.53. The van der Waals surface area contributed by atoms with E-state index in [4.69, 9.17) is 37.4 Å². The number of likely N-dealkylation sites (N-methyl/N-ethyl adjacent to an activating group) is 1. The fourth-order valence-corrected chi connectivity index (χ4v) is 3.37. The number of halogens is 2. The minimum Gasteiger partial charge on any atom is -0.496 e. The van der Waals surface area contributed by atoms with Crippen LogP contribution in [0.4, 0.5) is 0 Å². The third-order valence-electron chi connectivity index (χ3n) is 4.05. The van der Waals surface area contributed by atoms with Crippen molar-refractivity contribution in [2.75, 3.05) is 34.9 Å². The van der Waals surface area contributed by atoms with Gasteiger partial charge in [0.05, 0.1) is 27.9 Å². The van der Waals surface area contributed by atoms with Gasteiger partial charge in [-0.2, -0.15) is 0 Å². The molecule has 0 spiro atoms. The minimum absolute atomic E-state index is 0.118. The van der Waals surface area contributed by atoms with E-state index in [1.807, 2.05) is 24.1 Å². The van der Waals surface area contributed by atoms with Gasteiger partial charge in [-0.25, -0.2) is 0 Å². The Hall–Kier alpha value is -2.15. The number of ether oxygens (including phenoxy) is 3. The number of methoxy groups -OCH3 is 3. The number of carbonyl (C=O) groups is 1. The molecule has 0 aliphatic heterocycles. The number of hydrogen-bond acceptors (Lipinski definition) is 5. The predicted octanol–water partition coefficient (Wildman–Crippen LogP) is 3.77. The predicted molar refractivity (Wildman–Crippen MR) is 111 cm³/mol. The van der Waals surface area contributed by atoms with Gasteiger partial charge in [0.2, 0.25) is 5.91 Å². The zero-order valence-electron chi connectivity index (χ0n) is 16.3. The summed E-state index contributed by atoms with van der Waals surface area (Å²) in [6.45, 7) is 1.08. The van der Waals surface area contributed by atoms with Crippen LogP contribution in [0, 0.1) is 0 Å². The molecule has 0 aromatic heterocycles. The first-order valence-corrected chi connectivity index (χ1v) is 9.31. The van der Waals surface area contributed by atoms with Crippen LogP contribution in [0.1, 0.15) is 11.1 Å². The van der Waals surface area contributed by atoms with Gasteiger partial charge in [0.1, 0.15) is 5.75 Å². The Labute approximate surface area is 175 Å². The molecule has 6 nitrogen and oxygen atoms in total. The standard InChI is InChI=1S/C20H24Cl2N2O4/c1-24(11-13-5-15(21)8-16(22)6-13)12-20(25)23-10-14-7-18(27-3)19(28-4)9-17(14)26-2/h5-9H,10-12H2,1-4H3,(H,23,25). The van der Waals surface area contributed by atoms with Crippen molar-refractivity contribution in [1.29, 1.82) is 0 Å². The van der Waals surface area contributed by atoms with E-state index in [2.05, 4.69) is 5.32 Å². The van der Waals surface area contributed by atoms with Crippen LogP contribution in [0.2, 0.25) is 10.0 Å². The lowest BCUT2D eigenvalue weighted by atomic mass is 10.1. The van der Waals surface area contributed by atoms with Crippen molar-refractivity contribution in [3.05, 3.63) is 51.5 Å². The Bertz CT molecular complexity index is 810. The van der Waals surface area contributed by atoms with Crippen molar-refractivity contribution in [2.45, 2.75) is 13.1 Å². The lowest BCUT2D eigenvalue weighted by Crippen LogP contribution is -2.34. The second-order valence-electron chi connectivity index (χ2n) is 6.25. The molecule has 0 aliphatic carbocycles. The van der Waals surface area contributed by atoms with E-state index in [0.717, 1.165) is 11.1 Å². The quantitative estimate of drug-likeness (QED) is 0.661. The number of nitrogens with zero attached hydrogens (tertiary/aromatic N) is 1. The van der Waals surface area contributed by atoms with Crippen LogP contribution < -0.4 is 19.5 Å². The molecule has 0 heterocycles. The molecule has 1 N–H and O–H groups in total. The highest BCUT2D eigenvalue weighted by Gasteiger charge is 2.14. The molecule has 0 saturated heterocycles. The zero-order chi connectivity index (χ0) is 20.7. The highest BCUT2D eigenvalue weighted by molar-refractivity contribution is 6.34. The van der Waals surface area contributed by atoms with Crippen LogP contribution in [-0.2, 0) is 17.9 Å². The molecule has 0 radical (unpaired) electrons. The molecule has 28 heavy (non-hydrogen) atoms. The Balaban J connectivity index is 1.96. The van der Waals surface area contributed by atoms with E-state index in [-0.39, 0.29) is 12.5 Å². The van der Waals surface area contributed by atoms with Gasteiger partial charge in [0.25, 0.3) is 0 Å². The first-order chi connectivity index (χ1) is 13.4. The summed E-state index contributed by atoms with van der Waals surface area (Å²) >= 11 is 12.0. The van der Waals surface area contributed by atoms with Crippen LogP contribution in [-0.4, -0.2) is 45.7 Å². The third-order valence-corrected chi connectivity index (χ3v) is 4.49. The molecule has 0 atom stereocenters. The normalized spacial score (nSPS) is 10.7. The summed E-state index contributed by atoms with van der Waals surface area (Å²) < 4.78 is 16.0. The second-order valence-corrected chi connectivity index (χ2v) is 7.12. The fourth-order valence-electron chi connectivity index (χ4n) is 2.80. The van der Waals surface area contributed by atoms with E-state index in [9.17, 15) is 4.79 Å².